The van der Waals surface area contributed by atoms with E-state index in [0.717, 1.165) is 25.9 Å². The molecule has 0 aliphatic carbocycles. The highest BCUT2D eigenvalue weighted by Gasteiger charge is 2.31. The van der Waals surface area contributed by atoms with Crippen molar-refractivity contribution in [1.29, 1.82) is 0 Å². The van der Waals surface area contributed by atoms with E-state index in [1.807, 2.05) is 0 Å². The molecular formula is C17H27N3O3S2. The van der Waals surface area contributed by atoms with Gasteiger partial charge in [-0.2, -0.15) is 0 Å². The molecule has 6 nitrogen and oxygen atoms in total. The Hall–Kier alpha value is -0.960. The minimum atomic E-state index is -3.23. The Balaban J connectivity index is 1.59. The van der Waals surface area contributed by atoms with Crippen LogP contribution in [0.4, 0.5) is 0 Å². The van der Waals surface area contributed by atoms with E-state index in [1.165, 1.54) is 28.3 Å². The zero-order valence-corrected chi connectivity index (χ0v) is 16.3. The summed E-state index contributed by atoms with van der Waals surface area (Å²) in [5, 5.41) is 5.17. The largest absolute Gasteiger partial charge is 0.354 e. The molecule has 0 saturated carbocycles. The van der Waals surface area contributed by atoms with Gasteiger partial charge in [0.1, 0.15) is 0 Å². The molecule has 0 spiro atoms. The fourth-order valence-corrected chi connectivity index (χ4v) is 5.52. The molecule has 2 aliphatic rings. The second kappa shape index (κ2) is 8.16. The molecule has 0 radical (unpaired) electrons. The molecule has 3 rings (SSSR count). The highest BCUT2D eigenvalue weighted by Crippen LogP contribution is 2.28. The van der Waals surface area contributed by atoms with Gasteiger partial charge in [-0.25, -0.2) is 12.7 Å². The van der Waals surface area contributed by atoms with E-state index >= 15 is 0 Å². The third-order valence-corrected chi connectivity index (χ3v) is 7.39. The van der Waals surface area contributed by atoms with Crippen LogP contribution in [0.25, 0.3) is 0 Å². The molecule has 0 bridgehead atoms. The summed E-state index contributed by atoms with van der Waals surface area (Å²) >= 11 is 1.73. The standard InChI is InChI=1S/C17H27N3O3S2/c1-25(22,23)20-10-4-6-14(13-20)17(21)18-12-15(16-7-5-11-24-16)19-8-2-3-9-19/h5,7,11,14-15H,2-4,6,8-10,12-13H2,1H3,(H,18,21). The molecule has 25 heavy (non-hydrogen) atoms. The molecule has 2 aliphatic heterocycles. The van der Waals surface area contributed by atoms with E-state index in [9.17, 15) is 13.2 Å². The molecule has 2 fully saturated rings. The number of carbonyl (C=O) groups is 1. The fourth-order valence-electron chi connectivity index (χ4n) is 3.74. The van der Waals surface area contributed by atoms with Crippen molar-refractivity contribution in [3.63, 3.8) is 0 Å². The number of likely N-dealkylation sites (tertiary alicyclic amines) is 1. The molecule has 8 heteroatoms. The van der Waals surface area contributed by atoms with Crippen LogP contribution in [0.5, 0.6) is 0 Å². The Kier molecular flexibility index (Phi) is 6.14. The van der Waals surface area contributed by atoms with Crippen LogP contribution >= 0.6 is 11.3 Å². The van der Waals surface area contributed by atoms with Gasteiger partial charge < -0.3 is 5.32 Å². The molecule has 0 aromatic carbocycles. The van der Waals surface area contributed by atoms with Gasteiger partial charge in [0.25, 0.3) is 0 Å². The normalized spacial score (nSPS) is 24.3. The maximum absolute atomic E-state index is 12.6. The van der Waals surface area contributed by atoms with E-state index in [4.69, 9.17) is 0 Å². The van der Waals surface area contributed by atoms with E-state index in [-0.39, 0.29) is 17.9 Å². The summed E-state index contributed by atoms with van der Waals surface area (Å²) in [6, 6.07) is 4.41. The first kappa shape index (κ1) is 18.8. The molecule has 1 aromatic rings. The minimum Gasteiger partial charge on any atom is -0.354 e. The lowest BCUT2D eigenvalue weighted by Gasteiger charge is -2.31. The summed E-state index contributed by atoms with van der Waals surface area (Å²) in [5.74, 6) is -0.264. The topological polar surface area (TPSA) is 69.7 Å². The number of hydrogen-bond acceptors (Lipinski definition) is 5. The number of carbonyl (C=O) groups excluding carboxylic acids is 1. The lowest BCUT2D eigenvalue weighted by Crippen LogP contribution is -2.46. The second-order valence-electron chi connectivity index (χ2n) is 6.98. The van der Waals surface area contributed by atoms with Crippen molar-refractivity contribution in [2.24, 2.45) is 5.92 Å². The zero-order chi connectivity index (χ0) is 17.9. The van der Waals surface area contributed by atoms with E-state index in [1.54, 1.807) is 11.3 Å². The number of hydrogen-bond donors (Lipinski definition) is 1. The van der Waals surface area contributed by atoms with Gasteiger partial charge in [0.15, 0.2) is 0 Å². The maximum atomic E-state index is 12.6. The van der Waals surface area contributed by atoms with Gasteiger partial charge in [-0.1, -0.05) is 6.07 Å². The summed E-state index contributed by atoms with van der Waals surface area (Å²) in [6.45, 7) is 3.56. The highest BCUT2D eigenvalue weighted by atomic mass is 32.2. The molecule has 2 atom stereocenters. The maximum Gasteiger partial charge on any atom is 0.224 e. The van der Waals surface area contributed by atoms with Crippen LogP contribution in [0, 0.1) is 5.92 Å². The summed E-state index contributed by atoms with van der Waals surface area (Å²) in [6.07, 6.45) is 5.13. The Morgan fingerprint density at radius 3 is 2.72 bits per heavy atom. The first-order chi connectivity index (χ1) is 11.9. The number of rotatable bonds is 6. The predicted molar refractivity (Wildman–Crippen MR) is 100 cm³/mol. The monoisotopic (exact) mass is 385 g/mol. The summed E-state index contributed by atoms with van der Waals surface area (Å²) < 4.78 is 24.9. The van der Waals surface area contributed by atoms with Crippen molar-refractivity contribution < 1.29 is 13.2 Å². The van der Waals surface area contributed by atoms with Crippen molar-refractivity contribution in [2.75, 3.05) is 39.0 Å². The molecule has 1 N–H and O–H groups in total. The third kappa shape index (κ3) is 4.81. The van der Waals surface area contributed by atoms with Crippen LogP contribution in [-0.4, -0.2) is 62.5 Å². The number of amides is 1. The fraction of sp³-hybridized carbons (Fsp3) is 0.706. The predicted octanol–water partition coefficient (Wildman–Crippen LogP) is 1.67. The molecule has 2 unspecified atom stereocenters. The van der Waals surface area contributed by atoms with Crippen LogP contribution < -0.4 is 5.32 Å². The molecule has 3 heterocycles. The van der Waals surface area contributed by atoms with Crippen LogP contribution in [0.15, 0.2) is 17.5 Å². The molecule has 1 amide bonds. The van der Waals surface area contributed by atoms with Gasteiger partial charge in [-0.3, -0.25) is 9.69 Å². The van der Waals surface area contributed by atoms with Crippen LogP contribution in [-0.2, 0) is 14.8 Å². The second-order valence-corrected chi connectivity index (χ2v) is 9.94. The van der Waals surface area contributed by atoms with Crippen molar-refractivity contribution in [2.45, 2.75) is 31.7 Å². The zero-order valence-electron chi connectivity index (χ0n) is 14.7. The summed E-state index contributed by atoms with van der Waals surface area (Å²) in [5.41, 5.74) is 0. The summed E-state index contributed by atoms with van der Waals surface area (Å²) in [4.78, 5) is 16.3. The van der Waals surface area contributed by atoms with Crippen molar-refractivity contribution in [1.82, 2.24) is 14.5 Å². The van der Waals surface area contributed by atoms with Gasteiger partial charge in [-0.05, 0) is 50.2 Å². The summed E-state index contributed by atoms with van der Waals surface area (Å²) in [7, 11) is -3.23. The average molecular weight is 386 g/mol. The SMILES string of the molecule is CS(=O)(=O)N1CCCC(C(=O)NCC(c2cccs2)N2CCCC2)C1. The van der Waals surface area contributed by atoms with Gasteiger partial charge in [-0.15, -0.1) is 11.3 Å². The van der Waals surface area contributed by atoms with Crippen molar-refractivity contribution in [3.8, 4) is 0 Å². The van der Waals surface area contributed by atoms with Crippen LogP contribution in [0.2, 0.25) is 0 Å². The van der Waals surface area contributed by atoms with Crippen molar-refractivity contribution in [3.05, 3.63) is 22.4 Å². The smallest absolute Gasteiger partial charge is 0.224 e. The number of nitrogens with one attached hydrogen (secondary N) is 1. The lowest BCUT2D eigenvalue weighted by atomic mass is 9.98. The van der Waals surface area contributed by atoms with E-state index < -0.39 is 10.0 Å². The Morgan fingerprint density at radius 1 is 1.32 bits per heavy atom. The number of sulfonamides is 1. The van der Waals surface area contributed by atoms with Gasteiger partial charge in [0.05, 0.1) is 18.2 Å². The van der Waals surface area contributed by atoms with E-state index in [2.05, 4.69) is 27.7 Å². The molecular weight excluding hydrogens is 358 g/mol. The minimum absolute atomic E-state index is 0.0193. The van der Waals surface area contributed by atoms with E-state index in [0.29, 0.717) is 19.6 Å². The van der Waals surface area contributed by atoms with Crippen molar-refractivity contribution >= 4 is 27.3 Å². The lowest BCUT2D eigenvalue weighted by molar-refractivity contribution is -0.126. The molecule has 2 saturated heterocycles. The van der Waals surface area contributed by atoms with Gasteiger partial charge >= 0.3 is 0 Å². The Morgan fingerprint density at radius 2 is 2.08 bits per heavy atom. The number of nitrogens with zero attached hydrogens (tertiary/aromatic N) is 2. The highest BCUT2D eigenvalue weighted by molar-refractivity contribution is 7.88. The number of thiophene rings is 1. The van der Waals surface area contributed by atoms with Crippen LogP contribution in [0.3, 0.4) is 0 Å². The Bertz CT molecular complexity index is 669. The average Bonchev–Trinajstić information content (AvgIpc) is 3.28. The first-order valence-electron chi connectivity index (χ1n) is 8.95. The Labute approximate surface area is 154 Å². The van der Waals surface area contributed by atoms with Gasteiger partial charge in [0, 0.05) is 24.5 Å². The van der Waals surface area contributed by atoms with Gasteiger partial charge in [0.2, 0.25) is 15.9 Å². The van der Waals surface area contributed by atoms with Crippen LogP contribution in [0.1, 0.15) is 36.6 Å². The molecule has 1 aromatic heterocycles. The quantitative estimate of drug-likeness (QED) is 0.809. The number of piperidine rings is 1. The molecule has 140 valence electrons. The first-order valence-corrected chi connectivity index (χ1v) is 11.7. The third-order valence-electron chi connectivity index (χ3n) is 5.15.